The van der Waals surface area contributed by atoms with E-state index in [1.807, 2.05) is 42.5 Å². The van der Waals surface area contributed by atoms with E-state index in [-0.39, 0.29) is 11.3 Å². The number of rotatable bonds is 3. The zero-order valence-corrected chi connectivity index (χ0v) is 12.8. The average Bonchev–Trinajstić information content (AvgIpc) is 3.16. The Morgan fingerprint density at radius 1 is 1.04 bits per heavy atom. The zero-order valence-electron chi connectivity index (χ0n) is 12.8. The molecule has 0 amide bonds. The van der Waals surface area contributed by atoms with Crippen molar-refractivity contribution in [2.24, 2.45) is 4.99 Å². The number of hydrogen-bond donors (Lipinski definition) is 3. The van der Waals surface area contributed by atoms with Gasteiger partial charge in [-0.05, 0) is 29.8 Å². The molecule has 0 saturated heterocycles. The van der Waals surface area contributed by atoms with Crippen LogP contribution in [0.3, 0.4) is 0 Å². The minimum atomic E-state index is -0.158. The average molecular weight is 317 g/mol. The second-order valence-corrected chi connectivity index (χ2v) is 5.69. The Labute approximate surface area is 138 Å². The number of fused-ring (bicyclic) bond motifs is 1. The summed E-state index contributed by atoms with van der Waals surface area (Å²) in [5, 5.41) is 15.0. The first kappa shape index (κ1) is 14.3. The van der Waals surface area contributed by atoms with Crippen LogP contribution in [0.2, 0.25) is 0 Å². The van der Waals surface area contributed by atoms with Gasteiger partial charge in [0.25, 0.3) is 5.56 Å². The second-order valence-electron chi connectivity index (χ2n) is 5.69. The highest BCUT2D eigenvalue weighted by molar-refractivity contribution is 6.21. The molecule has 1 aliphatic heterocycles. The molecule has 0 saturated carbocycles. The third-order valence-electron chi connectivity index (χ3n) is 4.07. The summed E-state index contributed by atoms with van der Waals surface area (Å²) in [6.45, 7) is 0. The van der Waals surface area contributed by atoms with E-state index in [0.717, 1.165) is 28.1 Å². The van der Waals surface area contributed by atoms with Crippen molar-refractivity contribution < 1.29 is 5.11 Å². The number of benzene rings is 2. The Morgan fingerprint density at radius 2 is 1.83 bits per heavy atom. The minimum Gasteiger partial charge on any atom is -0.508 e. The predicted molar refractivity (Wildman–Crippen MR) is 94.8 cm³/mol. The Kier molecular flexibility index (Phi) is 3.39. The quantitative estimate of drug-likeness (QED) is 0.693. The number of aliphatic imine (C=N–C) groups is 1. The maximum absolute atomic E-state index is 12.2. The minimum absolute atomic E-state index is 0.158. The number of phenols is 1. The summed E-state index contributed by atoms with van der Waals surface area (Å²) in [7, 11) is 0. The summed E-state index contributed by atoms with van der Waals surface area (Å²) in [5.74, 6) is 0.224. The molecular formula is C19H15N3O2. The van der Waals surface area contributed by atoms with Gasteiger partial charge < -0.3 is 10.2 Å². The van der Waals surface area contributed by atoms with E-state index < -0.39 is 0 Å². The number of phenolic OH excluding ortho intramolecular Hbond substituents is 1. The molecule has 4 rings (SSSR count). The number of H-pyrrole nitrogens is 2. The number of para-hydroxylation sites is 1. The molecule has 5 heteroatoms. The molecule has 24 heavy (non-hydrogen) atoms. The van der Waals surface area contributed by atoms with E-state index in [0.29, 0.717) is 12.0 Å². The summed E-state index contributed by atoms with van der Waals surface area (Å²) >= 11 is 0. The lowest BCUT2D eigenvalue weighted by molar-refractivity contribution is 0.475. The van der Waals surface area contributed by atoms with Gasteiger partial charge in [-0.25, -0.2) is 0 Å². The van der Waals surface area contributed by atoms with E-state index in [4.69, 9.17) is 0 Å². The predicted octanol–water partition coefficient (Wildman–Crippen LogP) is 3.26. The summed E-state index contributed by atoms with van der Waals surface area (Å²) in [6, 6.07) is 14.8. The third-order valence-corrected chi connectivity index (χ3v) is 4.07. The SMILES string of the molecule is O=c1[nH][nH]c(Cc2ccc(O)cc2)c1C=C1C=Nc2ccccc21. The van der Waals surface area contributed by atoms with Gasteiger partial charge in [-0.3, -0.25) is 14.9 Å². The lowest BCUT2D eigenvalue weighted by Crippen LogP contribution is -2.03. The van der Waals surface area contributed by atoms with Crippen molar-refractivity contribution in [1.29, 1.82) is 0 Å². The van der Waals surface area contributed by atoms with Crippen LogP contribution in [-0.4, -0.2) is 21.5 Å². The van der Waals surface area contributed by atoms with E-state index >= 15 is 0 Å². The van der Waals surface area contributed by atoms with Gasteiger partial charge in [0.1, 0.15) is 5.75 Å². The number of aromatic nitrogens is 2. The van der Waals surface area contributed by atoms with Crippen LogP contribution >= 0.6 is 0 Å². The lowest BCUT2D eigenvalue weighted by Gasteiger charge is -2.02. The number of aromatic amines is 2. The first-order valence-electron chi connectivity index (χ1n) is 7.63. The van der Waals surface area contributed by atoms with Crippen molar-refractivity contribution in [1.82, 2.24) is 10.2 Å². The van der Waals surface area contributed by atoms with E-state index in [2.05, 4.69) is 15.2 Å². The van der Waals surface area contributed by atoms with Crippen molar-refractivity contribution in [3.63, 3.8) is 0 Å². The van der Waals surface area contributed by atoms with Gasteiger partial charge in [0.05, 0.1) is 11.3 Å². The second kappa shape index (κ2) is 5.70. The lowest BCUT2D eigenvalue weighted by atomic mass is 10.0. The first-order valence-corrected chi connectivity index (χ1v) is 7.63. The smallest absolute Gasteiger partial charge is 0.271 e. The molecule has 0 atom stereocenters. The molecule has 0 radical (unpaired) electrons. The normalized spacial score (nSPS) is 14.2. The van der Waals surface area contributed by atoms with Crippen LogP contribution < -0.4 is 5.56 Å². The maximum atomic E-state index is 12.2. The largest absolute Gasteiger partial charge is 0.508 e. The topological polar surface area (TPSA) is 81.2 Å². The number of allylic oxidation sites excluding steroid dienone is 1. The molecule has 3 aromatic rings. The summed E-state index contributed by atoms with van der Waals surface area (Å²) < 4.78 is 0. The molecule has 118 valence electrons. The monoisotopic (exact) mass is 317 g/mol. The van der Waals surface area contributed by atoms with Crippen molar-refractivity contribution in [2.75, 3.05) is 0 Å². The van der Waals surface area contributed by atoms with Gasteiger partial charge in [0, 0.05) is 29.5 Å². The van der Waals surface area contributed by atoms with Crippen LogP contribution in [0, 0.1) is 0 Å². The number of aromatic hydroxyl groups is 1. The van der Waals surface area contributed by atoms with Gasteiger partial charge in [-0.2, -0.15) is 0 Å². The van der Waals surface area contributed by atoms with Gasteiger partial charge in [-0.15, -0.1) is 0 Å². The van der Waals surface area contributed by atoms with Gasteiger partial charge in [0.15, 0.2) is 0 Å². The highest BCUT2D eigenvalue weighted by Crippen LogP contribution is 2.32. The molecule has 2 heterocycles. The van der Waals surface area contributed by atoms with Crippen LogP contribution in [0.25, 0.3) is 11.6 Å². The van der Waals surface area contributed by atoms with Gasteiger partial charge >= 0.3 is 0 Å². The number of nitrogens with zero attached hydrogens (tertiary/aromatic N) is 1. The zero-order chi connectivity index (χ0) is 16.5. The van der Waals surface area contributed by atoms with Gasteiger partial charge in [0.2, 0.25) is 0 Å². The number of nitrogens with one attached hydrogen (secondary N) is 2. The molecular weight excluding hydrogens is 302 g/mol. The molecule has 2 aromatic carbocycles. The van der Waals surface area contributed by atoms with Crippen molar-refractivity contribution >= 4 is 23.6 Å². The summed E-state index contributed by atoms with van der Waals surface area (Å²) in [6.07, 6.45) is 4.21. The first-order chi connectivity index (χ1) is 11.7. The standard InChI is InChI=1S/C19H15N3O2/c23-14-7-5-12(6-8-14)9-18-16(19(24)22-21-18)10-13-11-20-17-4-2-1-3-15(13)17/h1-8,10-11,23H,9H2,(H2,21,22,24). The molecule has 0 fully saturated rings. The fourth-order valence-electron chi connectivity index (χ4n) is 2.82. The highest BCUT2D eigenvalue weighted by atomic mass is 16.3. The Hall–Kier alpha value is -3.34. The molecule has 0 bridgehead atoms. The van der Waals surface area contributed by atoms with Crippen LogP contribution in [0.1, 0.15) is 22.4 Å². The van der Waals surface area contributed by atoms with Gasteiger partial charge in [-0.1, -0.05) is 30.3 Å². The molecule has 0 aliphatic carbocycles. The third kappa shape index (κ3) is 2.56. The van der Waals surface area contributed by atoms with E-state index in [9.17, 15) is 9.90 Å². The summed E-state index contributed by atoms with van der Waals surface area (Å²) in [5.41, 5.74) is 5.10. The molecule has 0 unspecified atom stereocenters. The van der Waals surface area contributed by atoms with E-state index in [1.54, 1.807) is 18.3 Å². The fraction of sp³-hybridized carbons (Fsp3) is 0.0526. The van der Waals surface area contributed by atoms with Crippen LogP contribution in [0.4, 0.5) is 5.69 Å². The highest BCUT2D eigenvalue weighted by Gasteiger charge is 2.14. The van der Waals surface area contributed by atoms with Crippen LogP contribution in [-0.2, 0) is 6.42 Å². The fourth-order valence-corrected chi connectivity index (χ4v) is 2.82. The Balaban J connectivity index is 1.71. The van der Waals surface area contributed by atoms with Crippen molar-refractivity contribution in [3.8, 4) is 5.75 Å². The molecule has 5 nitrogen and oxygen atoms in total. The van der Waals surface area contributed by atoms with Crippen LogP contribution in [0.5, 0.6) is 5.75 Å². The van der Waals surface area contributed by atoms with Crippen LogP contribution in [0.15, 0.2) is 58.3 Å². The molecule has 0 spiro atoms. The molecule has 3 N–H and O–H groups in total. The Morgan fingerprint density at radius 3 is 2.67 bits per heavy atom. The van der Waals surface area contributed by atoms with Crippen molar-refractivity contribution in [2.45, 2.75) is 6.42 Å². The van der Waals surface area contributed by atoms with E-state index in [1.165, 1.54) is 0 Å². The Bertz CT molecular complexity index is 1010. The number of hydrogen-bond acceptors (Lipinski definition) is 3. The molecule has 1 aliphatic rings. The maximum Gasteiger partial charge on any atom is 0.271 e. The summed E-state index contributed by atoms with van der Waals surface area (Å²) in [4.78, 5) is 16.5. The van der Waals surface area contributed by atoms with Crippen molar-refractivity contribution in [3.05, 3.63) is 81.3 Å². The molecule has 1 aromatic heterocycles.